The van der Waals surface area contributed by atoms with Gasteiger partial charge in [-0.15, -0.1) is 0 Å². The molecule has 4 unspecified atom stereocenters. The van der Waals surface area contributed by atoms with E-state index in [0.717, 1.165) is 34.7 Å². The molecule has 4 heteroatoms. The van der Waals surface area contributed by atoms with Crippen molar-refractivity contribution in [3.05, 3.63) is 76.3 Å². The lowest BCUT2D eigenvalue weighted by molar-refractivity contribution is 0.0939. The predicted molar refractivity (Wildman–Crippen MR) is 111 cm³/mol. The van der Waals surface area contributed by atoms with E-state index in [1.807, 2.05) is 37.3 Å². The maximum Gasteiger partial charge on any atom is 0.251 e. The number of benzene rings is 2. The zero-order chi connectivity index (χ0) is 19.0. The van der Waals surface area contributed by atoms with Crippen molar-refractivity contribution in [3.8, 4) is 0 Å². The summed E-state index contributed by atoms with van der Waals surface area (Å²) in [5.74, 6) is 0.711. The molecular weight excluding hydrogens is 356 g/mol. The number of anilines is 1. The highest BCUT2D eigenvalue weighted by Crippen LogP contribution is 2.50. The topological polar surface area (TPSA) is 41.1 Å². The van der Waals surface area contributed by atoms with Crippen LogP contribution in [0.15, 0.2) is 54.6 Å². The zero-order valence-electron chi connectivity index (χ0n) is 15.7. The summed E-state index contributed by atoms with van der Waals surface area (Å²) in [6.45, 7) is 4.10. The van der Waals surface area contributed by atoms with Crippen LogP contribution in [0.25, 0.3) is 0 Å². The molecule has 1 aliphatic carbocycles. The fraction of sp³-hybridized carbons (Fsp3) is 0.348. The van der Waals surface area contributed by atoms with Crippen LogP contribution in [0.2, 0.25) is 5.02 Å². The second-order valence-corrected chi connectivity index (χ2v) is 7.99. The summed E-state index contributed by atoms with van der Waals surface area (Å²) in [6.07, 6.45) is 6.47. The average Bonchev–Trinajstić information content (AvgIpc) is 3.17. The quantitative estimate of drug-likeness (QED) is 0.668. The third kappa shape index (κ3) is 3.37. The van der Waals surface area contributed by atoms with Crippen molar-refractivity contribution in [1.82, 2.24) is 5.32 Å². The monoisotopic (exact) mass is 380 g/mol. The Labute approximate surface area is 165 Å². The first kappa shape index (κ1) is 18.1. The van der Waals surface area contributed by atoms with Crippen LogP contribution >= 0.6 is 11.6 Å². The van der Waals surface area contributed by atoms with Crippen molar-refractivity contribution in [3.63, 3.8) is 0 Å². The molecule has 0 bridgehead atoms. The van der Waals surface area contributed by atoms with Gasteiger partial charge in [-0.25, -0.2) is 0 Å². The molecule has 140 valence electrons. The Bertz CT molecular complexity index is 892. The van der Waals surface area contributed by atoms with Gasteiger partial charge >= 0.3 is 0 Å². The molecular formula is C23H25ClN2O. The van der Waals surface area contributed by atoms with E-state index in [0.29, 0.717) is 11.8 Å². The van der Waals surface area contributed by atoms with Crippen LogP contribution in [0, 0.1) is 5.92 Å². The molecule has 1 aliphatic heterocycles. The van der Waals surface area contributed by atoms with E-state index in [1.165, 1.54) is 5.56 Å². The highest BCUT2D eigenvalue weighted by molar-refractivity contribution is 6.31. The third-order valence-electron chi connectivity index (χ3n) is 5.86. The Morgan fingerprint density at radius 1 is 1.26 bits per heavy atom. The molecule has 4 atom stereocenters. The van der Waals surface area contributed by atoms with E-state index in [4.69, 9.17) is 11.6 Å². The largest absolute Gasteiger partial charge is 0.378 e. The van der Waals surface area contributed by atoms with E-state index in [9.17, 15) is 4.79 Å². The fourth-order valence-corrected chi connectivity index (χ4v) is 4.43. The number of halogens is 1. The van der Waals surface area contributed by atoms with Gasteiger partial charge in [0.15, 0.2) is 0 Å². The minimum atomic E-state index is -0.00101. The van der Waals surface area contributed by atoms with E-state index in [2.05, 4.69) is 41.8 Å². The second kappa shape index (κ2) is 7.40. The Morgan fingerprint density at radius 2 is 2.07 bits per heavy atom. The number of fused-ring (bicyclic) bond motifs is 3. The molecule has 0 radical (unpaired) electrons. The first-order valence-electron chi connectivity index (χ1n) is 9.71. The van der Waals surface area contributed by atoms with Crippen LogP contribution in [0.1, 0.15) is 60.1 Å². The maximum atomic E-state index is 12.6. The van der Waals surface area contributed by atoms with Crippen molar-refractivity contribution in [1.29, 1.82) is 0 Å². The normalized spacial score (nSPS) is 23.9. The molecule has 2 N–H and O–H groups in total. The van der Waals surface area contributed by atoms with Crippen molar-refractivity contribution >= 4 is 23.2 Å². The SMILES string of the molecule is CCC(C)NC(=O)c1ccc2c(c1)C1C=CCC1C(c1ccccc1Cl)N2. The summed E-state index contributed by atoms with van der Waals surface area (Å²) in [4.78, 5) is 12.6. The number of nitrogens with one attached hydrogen (secondary N) is 2. The summed E-state index contributed by atoms with van der Waals surface area (Å²) in [7, 11) is 0. The van der Waals surface area contributed by atoms with Gasteiger partial charge in [-0.2, -0.15) is 0 Å². The molecule has 0 fully saturated rings. The van der Waals surface area contributed by atoms with Gasteiger partial charge in [-0.3, -0.25) is 4.79 Å². The summed E-state index contributed by atoms with van der Waals surface area (Å²) in [5.41, 5.74) is 4.16. The number of carbonyl (C=O) groups excluding carboxylic acids is 1. The van der Waals surface area contributed by atoms with Crippen molar-refractivity contribution in [2.45, 2.75) is 44.7 Å². The van der Waals surface area contributed by atoms with Crippen LogP contribution in [-0.4, -0.2) is 11.9 Å². The van der Waals surface area contributed by atoms with Crippen LogP contribution in [0.3, 0.4) is 0 Å². The van der Waals surface area contributed by atoms with Gasteiger partial charge in [-0.1, -0.05) is 48.9 Å². The molecule has 0 spiro atoms. The Hall–Kier alpha value is -2.26. The molecule has 2 aliphatic rings. The number of hydrogen-bond donors (Lipinski definition) is 2. The maximum absolute atomic E-state index is 12.6. The molecule has 1 amide bonds. The van der Waals surface area contributed by atoms with Gasteiger partial charge in [0.1, 0.15) is 0 Å². The summed E-state index contributed by atoms with van der Waals surface area (Å²) < 4.78 is 0. The number of amides is 1. The van der Waals surface area contributed by atoms with E-state index >= 15 is 0 Å². The molecule has 27 heavy (non-hydrogen) atoms. The number of hydrogen-bond acceptors (Lipinski definition) is 2. The van der Waals surface area contributed by atoms with E-state index in [-0.39, 0.29) is 18.0 Å². The van der Waals surface area contributed by atoms with Crippen LogP contribution in [-0.2, 0) is 0 Å². The Kier molecular flexibility index (Phi) is 4.96. The molecule has 0 aromatic heterocycles. The molecule has 4 rings (SSSR count). The van der Waals surface area contributed by atoms with Crippen LogP contribution < -0.4 is 10.6 Å². The lowest BCUT2D eigenvalue weighted by Crippen LogP contribution is -2.33. The molecule has 1 heterocycles. The summed E-state index contributed by atoms with van der Waals surface area (Å²) in [5, 5.41) is 7.55. The van der Waals surface area contributed by atoms with Crippen molar-refractivity contribution in [2.24, 2.45) is 5.92 Å². The number of allylic oxidation sites excluding steroid dienone is 2. The lowest BCUT2D eigenvalue weighted by atomic mass is 9.76. The van der Waals surface area contributed by atoms with Gasteiger partial charge in [0.25, 0.3) is 5.91 Å². The van der Waals surface area contributed by atoms with Crippen LogP contribution in [0.5, 0.6) is 0 Å². The second-order valence-electron chi connectivity index (χ2n) is 7.58. The highest BCUT2D eigenvalue weighted by Gasteiger charge is 2.38. The Morgan fingerprint density at radius 3 is 2.85 bits per heavy atom. The third-order valence-corrected chi connectivity index (χ3v) is 6.20. The van der Waals surface area contributed by atoms with Crippen molar-refractivity contribution < 1.29 is 4.79 Å². The van der Waals surface area contributed by atoms with Gasteiger partial charge < -0.3 is 10.6 Å². The van der Waals surface area contributed by atoms with Gasteiger partial charge in [0.2, 0.25) is 0 Å². The minimum absolute atomic E-state index is 0.00101. The minimum Gasteiger partial charge on any atom is -0.378 e. The van der Waals surface area contributed by atoms with E-state index < -0.39 is 0 Å². The lowest BCUT2D eigenvalue weighted by Gasteiger charge is -2.38. The summed E-state index contributed by atoms with van der Waals surface area (Å²) in [6, 6.07) is 14.4. The van der Waals surface area contributed by atoms with Gasteiger partial charge in [0, 0.05) is 28.2 Å². The molecule has 2 aromatic carbocycles. The van der Waals surface area contributed by atoms with Gasteiger partial charge in [0.05, 0.1) is 6.04 Å². The first-order valence-corrected chi connectivity index (χ1v) is 10.1. The van der Waals surface area contributed by atoms with Crippen LogP contribution in [0.4, 0.5) is 5.69 Å². The first-order chi connectivity index (χ1) is 13.1. The van der Waals surface area contributed by atoms with Gasteiger partial charge in [-0.05, 0) is 61.1 Å². The smallest absolute Gasteiger partial charge is 0.251 e. The zero-order valence-corrected chi connectivity index (χ0v) is 16.5. The predicted octanol–water partition coefficient (Wildman–Crippen LogP) is 5.69. The molecule has 3 nitrogen and oxygen atoms in total. The standard InChI is InChI=1S/C23H25ClN2O/c1-3-14(2)25-23(27)15-11-12-21-19(13-15)16-8-6-9-17(16)22(26-21)18-7-4-5-10-20(18)24/h4-8,10-14,16-17,22,26H,3,9H2,1-2H3,(H,25,27). The highest BCUT2D eigenvalue weighted by atomic mass is 35.5. The number of rotatable bonds is 4. The Balaban J connectivity index is 1.68. The summed E-state index contributed by atoms with van der Waals surface area (Å²) >= 11 is 6.49. The molecule has 0 saturated heterocycles. The molecule has 2 aromatic rings. The number of carbonyl (C=O) groups is 1. The molecule has 0 saturated carbocycles. The van der Waals surface area contributed by atoms with E-state index in [1.54, 1.807) is 0 Å². The van der Waals surface area contributed by atoms with Crippen molar-refractivity contribution in [2.75, 3.05) is 5.32 Å². The fourth-order valence-electron chi connectivity index (χ4n) is 4.18. The average molecular weight is 381 g/mol.